The first-order valence-electron chi connectivity index (χ1n) is 5.16. The van der Waals surface area contributed by atoms with Crippen LogP contribution in [0, 0.1) is 0 Å². The molecule has 1 amide bonds. The van der Waals surface area contributed by atoms with Crippen molar-refractivity contribution in [1.29, 1.82) is 0 Å². The molecule has 0 saturated heterocycles. The van der Waals surface area contributed by atoms with E-state index >= 15 is 0 Å². The van der Waals surface area contributed by atoms with Crippen LogP contribution in [-0.2, 0) is 15.6 Å². The van der Waals surface area contributed by atoms with Gasteiger partial charge in [-0.05, 0) is 18.2 Å². The fourth-order valence-electron chi connectivity index (χ4n) is 1.21. The highest BCUT2D eigenvalue weighted by molar-refractivity contribution is 7.85. The Labute approximate surface area is 103 Å². The third-order valence-corrected chi connectivity index (χ3v) is 3.34. The van der Waals surface area contributed by atoms with Gasteiger partial charge in [0.25, 0.3) is 0 Å². The minimum atomic E-state index is -1.36. The predicted molar refractivity (Wildman–Crippen MR) is 66.3 cm³/mol. The zero-order valence-electron chi connectivity index (χ0n) is 9.64. The Morgan fingerprint density at radius 2 is 2.29 bits per heavy atom. The average molecular weight is 256 g/mol. The molecule has 5 nitrogen and oxygen atoms in total. The SMILES string of the molecule is COc1cccc(S(=O)CC(=O)NCCN)c1. The molecule has 6 heteroatoms. The third-order valence-electron chi connectivity index (χ3n) is 2.03. The van der Waals surface area contributed by atoms with Crippen LogP contribution in [0.3, 0.4) is 0 Å². The van der Waals surface area contributed by atoms with Crippen molar-refractivity contribution >= 4 is 16.7 Å². The zero-order valence-corrected chi connectivity index (χ0v) is 10.5. The van der Waals surface area contributed by atoms with E-state index in [1.807, 2.05) is 0 Å². The highest BCUT2D eigenvalue weighted by Crippen LogP contribution is 2.15. The minimum Gasteiger partial charge on any atom is -0.497 e. The van der Waals surface area contributed by atoms with Gasteiger partial charge in [0.2, 0.25) is 5.91 Å². The van der Waals surface area contributed by atoms with E-state index in [2.05, 4.69) is 5.32 Å². The Kier molecular flexibility index (Phi) is 5.65. The van der Waals surface area contributed by atoms with Gasteiger partial charge < -0.3 is 15.8 Å². The Bertz CT molecular complexity index is 409. The van der Waals surface area contributed by atoms with E-state index in [9.17, 15) is 9.00 Å². The molecule has 0 fully saturated rings. The number of hydrogen-bond donors (Lipinski definition) is 2. The molecule has 0 saturated carbocycles. The van der Waals surface area contributed by atoms with Crippen LogP contribution < -0.4 is 15.8 Å². The van der Waals surface area contributed by atoms with Gasteiger partial charge in [0.15, 0.2) is 0 Å². The lowest BCUT2D eigenvalue weighted by molar-refractivity contribution is -0.118. The number of nitrogens with one attached hydrogen (secondary N) is 1. The van der Waals surface area contributed by atoms with E-state index in [4.69, 9.17) is 10.5 Å². The van der Waals surface area contributed by atoms with Gasteiger partial charge in [-0.2, -0.15) is 0 Å². The van der Waals surface area contributed by atoms with Crippen LogP contribution in [0.4, 0.5) is 0 Å². The summed E-state index contributed by atoms with van der Waals surface area (Å²) in [4.78, 5) is 11.9. The maximum absolute atomic E-state index is 11.8. The summed E-state index contributed by atoms with van der Waals surface area (Å²) in [6, 6.07) is 6.86. The minimum absolute atomic E-state index is 0.0623. The van der Waals surface area contributed by atoms with Crippen molar-refractivity contribution in [2.45, 2.75) is 4.90 Å². The first-order valence-corrected chi connectivity index (χ1v) is 6.48. The molecule has 0 aliphatic heterocycles. The fourth-order valence-corrected chi connectivity index (χ4v) is 2.19. The summed E-state index contributed by atoms with van der Waals surface area (Å²) in [6.07, 6.45) is 0. The molecule has 0 heterocycles. The number of carbonyl (C=O) groups excluding carboxylic acids is 1. The van der Waals surface area contributed by atoms with Crippen molar-refractivity contribution < 1.29 is 13.7 Å². The van der Waals surface area contributed by atoms with Crippen molar-refractivity contribution in [1.82, 2.24) is 5.32 Å². The summed E-state index contributed by atoms with van der Waals surface area (Å²) in [5.74, 6) is 0.294. The summed E-state index contributed by atoms with van der Waals surface area (Å²) >= 11 is 0. The number of benzene rings is 1. The molecule has 94 valence electrons. The molecule has 0 bridgehead atoms. The van der Waals surface area contributed by atoms with Crippen LogP contribution in [0.1, 0.15) is 0 Å². The second-order valence-corrected chi connectivity index (χ2v) is 4.76. The van der Waals surface area contributed by atoms with Crippen molar-refractivity contribution in [3.05, 3.63) is 24.3 Å². The van der Waals surface area contributed by atoms with Crippen molar-refractivity contribution in [3.63, 3.8) is 0 Å². The van der Waals surface area contributed by atoms with Crippen LogP contribution in [0.5, 0.6) is 5.75 Å². The van der Waals surface area contributed by atoms with Crippen LogP contribution in [-0.4, -0.2) is 36.1 Å². The lowest BCUT2D eigenvalue weighted by atomic mass is 10.3. The number of hydrogen-bond acceptors (Lipinski definition) is 4. The van der Waals surface area contributed by atoms with Gasteiger partial charge in [-0.1, -0.05) is 6.07 Å². The maximum atomic E-state index is 11.8. The van der Waals surface area contributed by atoms with Gasteiger partial charge in [0.1, 0.15) is 11.5 Å². The molecular formula is C11H16N2O3S. The Hall–Kier alpha value is -1.40. The molecule has 17 heavy (non-hydrogen) atoms. The third kappa shape index (κ3) is 4.54. The number of rotatable bonds is 6. The summed E-state index contributed by atoms with van der Waals surface area (Å²) in [5, 5.41) is 2.57. The molecule has 0 aromatic heterocycles. The Morgan fingerprint density at radius 1 is 1.53 bits per heavy atom. The van der Waals surface area contributed by atoms with Gasteiger partial charge in [-0.25, -0.2) is 0 Å². The summed E-state index contributed by atoms with van der Waals surface area (Å²) in [5.41, 5.74) is 5.25. The molecule has 0 aliphatic carbocycles. The quantitative estimate of drug-likeness (QED) is 0.743. The van der Waals surface area contributed by atoms with Crippen LogP contribution >= 0.6 is 0 Å². The van der Waals surface area contributed by atoms with E-state index < -0.39 is 10.8 Å². The van der Waals surface area contributed by atoms with E-state index in [1.165, 1.54) is 7.11 Å². The lowest BCUT2D eigenvalue weighted by Crippen LogP contribution is -2.32. The highest BCUT2D eigenvalue weighted by Gasteiger charge is 2.10. The first kappa shape index (κ1) is 13.7. The molecule has 1 rings (SSSR count). The number of amides is 1. The first-order chi connectivity index (χ1) is 8.17. The zero-order chi connectivity index (χ0) is 12.7. The van der Waals surface area contributed by atoms with Crippen molar-refractivity contribution in [2.75, 3.05) is 26.0 Å². The van der Waals surface area contributed by atoms with Crippen LogP contribution in [0.25, 0.3) is 0 Å². The molecule has 0 spiro atoms. The molecule has 0 radical (unpaired) electrons. The van der Waals surface area contributed by atoms with Crippen LogP contribution in [0.15, 0.2) is 29.2 Å². The van der Waals surface area contributed by atoms with Gasteiger partial charge in [-0.15, -0.1) is 0 Å². The molecule has 3 N–H and O–H groups in total. The Morgan fingerprint density at radius 3 is 2.94 bits per heavy atom. The number of nitrogens with two attached hydrogens (primary N) is 1. The van der Waals surface area contributed by atoms with Gasteiger partial charge in [0.05, 0.1) is 17.9 Å². The second-order valence-electron chi connectivity index (χ2n) is 3.31. The van der Waals surface area contributed by atoms with Gasteiger partial charge >= 0.3 is 0 Å². The van der Waals surface area contributed by atoms with Gasteiger partial charge in [0, 0.05) is 18.0 Å². The van der Waals surface area contributed by atoms with Crippen molar-refractivity contribution in [2.24, 2.45) is 5.73 Å². The smallest absolute Gasteiger partial charge is 0.233 e. The molecule has 1 aromatic carbocycles. The molecule has 1 unspecified atom stereocenters. The molecule has 0 aliphatic rings. The topological polar surface area (TPSA) is 81.4 Å². The molecule has 1 aromatic rings. The number of ether oxygens (including phenoxy) is 1. The largest absolute Gasteiger partial charge is 0.497 e. The predicted octanol–water partition coefficient (Wildman–Crippen LogP) is -0.122. The van der Waals surface area contributed by atoms with Gasteiger partial charge in [-0.3, -0.25) is 9.00 Å². The maximum Gasteiger partial charge on any atom is 0.233 e. The van der Waals surface area contributed by atoms with E-state index in [0.29, 0.717) is 23.7 Å². The highest BCUT2D eigenvalue weighted by atomic mass is 32.2. The van der Waals surface area contributed by atoms with Crippen LogP contribution in [0.2, 0.25) is 0 Å². The number of carbonyl (C=O) groups is 1. The normalized spacial score (nSPS) is 11.9. The molecular weight excluding hydrogens is 240 g/mol. The monoisotopic (exact) mass is 256 g/mol. The summed E-state index contributed by atoms with van der Waals surface area (Å²) < 4.78 is 16.9. The summed E-state index contributed by atoms with van der Waals surface area (Å²) in [6.45, 7) is 0.770. The summed E-state index contributed by atoms with van der Waals surface area (Å²) in [7, 11) is 0.176. The number of methoxy groups -OCH3 is 1. The lowest BCUT2D eigenvalue weighted by Gasteiger charge is -2.05. The van der Waals surface area contributed by atoms with E-state index in [-0.39, 0.29) is 11.7 Å². The second kappa shape index (κ2) is 7.03. The molecule has 1 atom stereocenters. The standard InChI is InChI=1S/C11H16N2O3S/c1-16-9-3-2-4-10(7-9)17(15)8-11(14)13-6-5-12/h2-4,7H,5-6,8,12H2,1H3,(H,13,14). The van der Waals surface area contributed by atoms with E-state index in [0.717, 1.165) is 0 Å². The van der Waals surface area contributed by atoms with Crippen molar-refractivity contribution in [3.8, 4) is 5.75 Å². The van der Waals surface area contributed by atoms with E-state index in [1.54, 1.807) is 24.3 Å². The Balaban J connectivity index is 2.60. The average Bonchev–Trinajstić information content (AvgIpc) is 2.36. The fraction of sp³-hybridized carbons (Fsp3) is 0.364.